The summed E-state index contributed by atoms with van der Waals surface area (Å²) in [6.45, 7) is 0.577. The Morgan fingerprint density at radius 3 is 2.40 bits per heavy atom. The molecule has 150 valence electrons. The molecule has 0 atom stereocenters. The van der Waals surface area contributed by atoms with E-state index < -0.39 is 0 Å². The van der Waals surface area contributed by atoms with Gasteiger partial charge in [-0.2, -0.15) is 5.10 Å². The van der Waals surface area contributed by atoms with E-state index in [1.54, 1.807) is 53.5 Å². The summed E-state index contributed by atoms with van der Waals surface area (Å²) in [5, 5.41) is 12.1. The lowest BCUT2D eigenvalue weighted by Crippen LogP contribution is -2.18. The molecule has 2 amide bonds. The molecule has 0 radical (unpaired) electrons. The molecule has 0 fully saturated rings. The number of nitrogens with one attached hydrogen (secondary N) is 2. The van der Waals surface area contributed by atoms with E-state index in [0.29, 0.717) is 29.1 Å². The van der Waals surface area contributed by atoms with Gasteiger partial charge in [-0.3, -0.25) is 14.3 Å². The summed E-state index contributed by atoms with van der Waals surface area (Å²) in [5.74, 6) is -0.416. The van der Waals surface area contributed by atoms with Gasteiger partial charge in [0.05, 0.1) is 17.0 Å². The summed E-state index contributed by atoms with van der Waals surface area (Å²) in [5.41, 5.74) is 3.41. The molecule has 0 saturated carbocycles. The number of carbonyl (C=O) groups is 2. The Morgan fingerprint density at radius 2 is 1.73 bits per heavy atom. The molecular formula is C23H20N4O2S. The third-order valence-electron chi connectivity index (χ3n) is 4.58. The van der Waals surface area contributed by atoms with Gasteiger partial charge in [0.2, 0.25) is 0 Å². The summed E-state index contributed by atoms with van der Waals surface area (Å²) in [6.07, 6.45) is 1.77. The number of rotatable bonds is 6. The van der Waals surface area contributed by atoms with Crippen LogP contribution in [0.2, 0.25) is 0 Å². The smallest absolute Gasteiger partial charge is 0.259 e. The molecule has 0 aliphatic carbocycles. The van der Waals surface area contributed by atoms with Crippen LogP contribution in [0.25, 0.3) is 10.6 Å². The minimum absolute atomic E-state index is 0.171. The van der Waals surface area contributed by atoms with E-state index in [-0.39, 0.29) is 11.8 Å². The molecule has 2 N–H and O–H groups in total. The first-order valence-electron chi connectivity index (χ1n) is 9.43. The average Bonchev–Trinajstić information content (AvgIpc) is 3.44. The fraction of sp³-hybridized carbons (Fsp3) is 0.0870. The van der Waals surface area contributed by atoms with Gasteiger partial charge < -0.3 is 10.6 Å². The lowest BCUT2D eigenvalue weighted by Gasteiger charge is -2.06. The highest BCUT2D eigenvalue weighted by atomic mass is 32.1. The maximum atomic E-state index is 13.0. The molecule has 2 heterocycles. The van der Waals surface area contributed by atoms with Gasteiger partial charge >= 0.3 is 0 Å². The van der Waals surface area contributed by atoms with E-state index in [2.05, 4.69) is 15.7 Å². The second-order valence-electron chi connectivity index (χ2n) is 6.66. The predicted octanol–water partition coefficient (Wildman–Crippen LogP) is 4.27. The van der Waals surface area contributed by atoms with E-state index in [9.17, 15) is 9.59 Å². The molecule has 0 bridgehead atoms. The quantitative estimate of drug-likeness (QED) is 0.493. The van der Waals surface area contributed by atoms with Crippen molar-refractivity contribution in [1.29, 1.82) is 0 Å². The molecule has 4 aromatic rings. The highest BCUT2D eigenvalue weighted by Crippen LogP contribution is 2.27. The van der Waals surface area contributed by atoms with Crippen LogP contribution in [0.1, 0.15) is 26.3 Å². The van der Waals surface area contributed by atoms with E-state index in [1.165, 1.54) is 0 Å². The molecule has 0 unspecified atom stereocenters. The van der Waals surface area contributed by atoms with Gasteiger partial charge in [-0.15, -0.1) is 11.3 Å². The molecule has 0 saturated heterocycles. The topological polar surface area (TPSA) is 76.0 Å². The van der Waals surface area contributed by atoms with Crippen molar-refractivity contribution in [3.63, 3.8) is 0 Å². The summed E-state index contributed by atoms with van der Waals surface area (Å²) in [4.78, 5) is 25.7. The summed E-state index contributed by atoms with van der Waals surface area (Å²) in [6, 6.07) is 20.6. The molecule has 2 aromatic heterocycles. The van der Waals surface area contributed by atoms with Crippen molar-refractivity contribution in [2.24, 2.45) is 0 Å². The van der Waals surface area contributed by atoms with Crippen LogP contribution < -0.4 is 10.6 Å². The summed E-state index contributed by atoms with van der Waals surface area (Å²) < 4.78 is 1.79. The van der Waals surface area contributed by atoms with Gasteiger partial charge in [0.15, 0.2) is 0 Å². The second kappa shape index (κ2) is 8.75. The van der Waals surface area contributed by atoms with Gasteiger partial charge in [-0.1, -0.05) is 36.4 Å². The first-order chi connectivity index (χ1) is 14.6. The van der Waals surface area contributed by atoms with Crippen LogP contribution in [0, 0.1) is 0 Å². The Bertz CT molecular complexity index is 1150. The normalized spacial score (nSPS) is 10.6. The molecule has 4 rings (SSSR count). The number of anilines is 1. The van der Waals surface area contributed by atoms with Gasteiger partial charge in [0.1, 0.15) is 5.69 Å². The zero-order chi connectivity index (χ0) is 20.9. The first kappa shape index (κ1) is 19.6. The number of nitrogens with zero attached hydrogens (tertiary/aromatic N) is 2. The van der Waals surface area contributed by atoms with Crippen LogP contribution in [0.15, 0.2) is 78.3 Å². The molecule has 2 aromatic carbocycles. The minimum Gasteiger partial charge on any atom is -0.355 e. The Labute approximate surface area is 178 Å². The van der Waals surface area contributed by atoms with E-state index in [1.807, 2.05) is 47.8 Å². The lowest BCUT2D eigenvalue weighted by molar-refractivity contribution is 0.0962. The highest BCUT2D eigenvalue weighted by molar-refractivity contribution is 7.13. The van der Waals surface area contributed by atoms with Crippen LogP contribution >= 0.6 is 11.3 Å². The molecule has 30 heavy (non-hydrogen) atoms. The number of hydrogen-bond acceptors (Lipinski definition) is 4. The van der Waals surface area contributed by atoms with E-state index in [0.717, 1.165) is 10.4 Å². The zero-order valence-electron chi connectivity index (χ0n) is 16.3. The van der Waals surface area contributed by atoms with E-state index in [4.69, 9.17) is 0 Å². The van der Waals surface area contributed by atoms with Crippen LogP contribution in [0.5, 0.6) is 0 Å². The average molecular weight is 417 g/mol. The highest BCUT2D eigenvalue weighted by Gasteiger charge is 2.19. The monoisotopic (exact) mass is 416 g/mol. The Hall–Kier alpha value is -3.71. The van der Waals surface area contributed by atoms with Crippen LogP contribution in [-0.4, -0.2) is 28.6 Å². The number of aromatic nitrogens is 2. The lowest BCUT2D eigenvalue weighted by atomic mass is 10.1. The number of carbonyl (C=O) groups excluding carboxylic acids is 2. The maximum Gasteiger partial charge on any atom is 0.259 e. The molecule has 6 nitrogen and oxygen atoms in total. The van der Waals surface area contributed by atoms with Crippen LogP contribution in [0.3, 0.4) is 0 Å². The van der Waals surface area contributed by atoms with Gasteiger partial charge in [0, 0.05) is 24.5 Å². The van der Waals surface area contributed by atoms with Crippen molar-refractivity contribution >= 4 is 28.8 Å². The van der Waals surface area contributed by atoms with Gasteiger partial charge in [-0.25, -0.2) is 0 Å². The summed E-state index contributed by atoms with van der Waals surface area (Å²) in [7, 11) is 1.58. The number of amides is 2. The standard InChI is InChI=1S/C23H20N4O2S/c1-24-22(28)17-9-11-18(12-10-17)25-23(29)19-15-27(14-16-6-3-2-4-7-16)26-21(19)20-8-5-13-30-20/h2-13,15H,14H2,1H3,(H,24,28)(H,25,29). The first-order valence-corrected chi connectivity index (χ1v) is 10.3. The van der Waals surface area contributed by atoms with Gasteiger partial charge in [-0.05, 0) is 41.3 Å². The van der Waals surface area contributed by atoms with Crippen LogP contribution in [-0.2, 0) is 6.54 Å². The molecule has 7 heteroatoms. The van der Waals surface area contributed by atoms with Crippen molar-refractivity contribution in [2.75, 3.05) is 12.4 Å². The molecule has 0 spiro atoms. The van der Waals surface area contributed by atoms with Crippen molar-refractivity contribution in [2.45, 2.75) is 6.54 Å². The largest absolute Gasteiger partial charge is 0.355 e. The molecule has 0 aliphatic heterocycles. The Morgan fingerprint density at radius 1 is 0.967 bits per heavy atom. The second-order valence-corrected chi connectivity index (χ2v) is 7.61. The number of thiophene rings is 1. The van der Waals surface area contributed by atoms with Crippen LogP contribution in [0.4, 0.5) is 5.69 Å². The number of benzene rings is 2. The third-order valence-corrected chi connectivity index (χ3v) is 5.46. The fourth-order valence-electron chi connectivity index (χ4n) is 3.08. The Balaban J connectivity index is 1.60. The van der Waals surface area contributed by atoms with Crippen molar-refractivity contribution < 1.29 is 9.59 Å². The van der Waals surface area contributed by atoms with E-state index >= 15 is 0 Å². The molecule has 0 aliphatic rings. The summed E-state index contributed by atoms with van der Waals surface area (Å²) >= 11 is 1.54. The zero-order valence-corrected chi connectivity index (χ0v) is 17.1. The third kappa shape index (κ3) is 4.31. The minimum atomic E-state index is -0.245. The van der Waals surface area contributed by atoms with Crippen molar-refractivity contribution in [1.82, 2.24) is 15.1 Å². The Kier molecular flexibility index (Phi) is 5.72. The fourth-order valence-corrected chi connectivity index (χ4v) is 3.81. The van der Waals surface area contributed by atoms with Crippen molar-refractivity contribution in [3.8, 4) is 10.6 Å². The molecular weight excluding hydrogens is 396 g/mol. The van der Waals surface area contributed by atoms with Crippen molar-refractivity contribution in [3.05, 3.63) is 95.0 Å². The SMILES string of the molecule is CNC(=O)c1ccc(NC(=O)c2cn(Cc3ccccc3)nc2-c2cccs2)cc1. The van der Waals surface area contributed by atoms with Gasteiger partial charge in [0.25, 0.3) is 11.8 Å². The number of hydrogen-bond donors (Lipinski definition) is 2. The predicted molar refractivity (Wildman–Crippen MR) is 119 cm³/mol. The maximum absolute atomic E-state index is 13.0.